The van der Waals surface area contributed by atoms with Crippen molar-refractivity contribution in [3.05, 3.63) is 12.7 Å². The molecule has 11 aliphatic rings. The van der Waals surface area contributed by atoms with Gasteiger partial charge in [0.05, 0.1) is 19.8 Å². The van der Waals surface area contributed by atoms with E-state index in [0.717, 1.165) is 103 Å². The topological polar surface area (TPSA) is 237 Å². The number of carbonyl (C=O) groups is 2. The monoisotopic (exact) mass is 882 g/mol. The van der Waals surface area contributed by atoms with Crippen LogP contribution >= 0.6 is 0 Å². The SMILES string of the molecule is C=CC1(O)O[C@@H](C2COC3(CCCCC3)O2)C2OC3(CCCCC3)O[C@H]21.O=C1O[C@@H](C2COC3(CCCCC3)O2)C2OC3(CCCCC3)O[C@@H]12.O=C1O[C@@H]([C@H](O)CO)[C@@H](O)[C@H]1O. The molecule has 350 valence electrons. The standard InChI is InChI=1S/C20H30O6.C18H26O6.C6H10O6/c1-2-20(21)17-16(24-19(26-17)11-7-4-8-12-19)15(25-20)14-13-22-18(23-14)9-5-3-6-10-18;19-16-15-14(23-18(24-15)9-5-2-6-10-18)13(21-16)12-11-20-17(22-12)7-3-1-4-8-17;7-1-2(8)5-3(9)4(10)6(11)12-5/h2,14-17,21H,1,3-13H2;12-15H,1-11H2;2-5,7-10H,1H2/t14?,15-,16?,17+,20?;12?,13-,14?,15+;2-,3+,4-,5+/m001/s1. The fourth-order valence-corrected chi connectivity index (χ4v) is 11.5. The van der Waals surface area contributed by atoms with Crippen molar-refractivity contribution in [2.75, 3.05) is 19.8 Å². The van der Waals surface area contributed by atoms with Crippen LogP contribution in [0.3, 0.4) is 0 Å². The van der Waals surface area contributed by atoms with Crippen molar-refractivity contribution in [1.29, 1.82) is 0 Å². The Balaban J connectivity index is 0.000000127. The zero-order valence-corrected chi connectivity index (χ0v) is 35.5. The van der Waals surface area contributed by atoms with Gasteiger partial charge in [-0.05, 0) is 57.4 Å². The van der Waals surface area contributed by atoms with Crippen molar-refractivity contribution < 1.29 is 87.2 Å². The molecule has 0 aromatic heterocycles. The van der Waals surface area contributed by atoms with Crippen molar-refractivity contribution in [3.63, 3.8) is 0 Å². The molecule has 0 amide bonds. The zero-order valence-electron chi connectivity index (χ0n) is 35.5. The number of esters is 2. The molecular weight excluding hydrogens is 816 g/mol. The summed E-state index contributed by atoms with van der Waals surface area (Å²) >= 11 is 0. The highest BCUT2D eigenvalue weighted by molar-refractivity contribution is 5.79. The molecule has 0 radical (unpaired) electrons. The number of hydrogen-bond acceptors (Lipinski definition) is 18. The van der Waals surface area contributed by atoms with Crippen molar-refractivity contribution in [2.45, 2.75) is 231 Å². The number of hydrogen-bond donors (Lipinski definition) is 5. The van der Waals surface area contributed by atoms with Crippen molar-refractivity contribution in [1.82, 2.24) is 0 Å². The summed E-state index contributed by atoms with van der Waals surface area (Å²) in [5, 5.41) is 46.3. The van der Waals surface area contributed by atoms with Gasteiger partial charge in [-0.25, -0.2) is 9.59 Å². The molecule has 0 bridgehead atoms. The van der Waals surface area contributed by atoms with Crippen LogP contribution in [0.1, 0.15) is 128 Å². The van der Waals surface area contributed by atoms with Gasteiger partial charge in [-0.15, -0.1) is 0 Å². The van der Waals surface area contributed by atoms with Gasteiger partial charge in [0.25, 0.3) is 0 Å². The Morgan fingerprint density at radius 1 is 0.581 bits per heavy atom. The number of carbonyl (C=O) groups excluding carboxylic acids is 2. The molecule has 5 N–H and O–H groups in total. The summed E-state index contributed by atoms with van der Waals surface area (Å²) < 4.78 is 65.8. The average molecular weight is 883 g/mol. The third-order valence-electron chi connectivity index (χ3n) is 14.8. The third-order valence-corrected chi connectivity index (χ3v) is 14.8. The van der Waals surface area contributed by atoms with Crippen molar-refractivity contribution >= 4 is 11.9 Å². The lowest BCUT2D eigenvalue weighted by molar-refractivity contribution is -0.283. The molecule has 7 aliphatic heterocycles. The van der Waals surface area contributed by atoms with E-state index < -0.39 is 90.3 Å². The van der Waals surface area contributed by atoms with Crippen molar-refractivity contribution in [2.24, 2.45) is 0 Å². The first-order chi connectivity index (χ1) is 29.8. The molecule has 13 atom stereocenters. The number of aliphatic hydroxyl groups is 5. The van der Waals surface area contributed by atoms with Crippen LogP contribution in [0.25, 0.3) is 0 Å². The number of fused-ring (bicyclic) bond motifs is 2. The molecule has 4 saturated carbocycles. The quantitative estimate of drug-likeness (QED) is 0.197. The van der Waals surface area contributed by atoms with Crippen molar-refractivity contribution in [3.8, 4) is 0 Å². The maximum Gasteiger partial charge on any atom is 0.338 e. The maximum absolute atomic E-state index is 12.3. The van der Waals surface area contributed by atoms with E-state index in [9.17, 15) is 14.7 Å². The smallest absolute Gasteiger partial charge is 0.338 e. The van der Waals surface area contributed by atoms with Gasteiger partial charge in [-0.1, -0.05) is 32.3 Å². The van der Waals surface area contributed by atoms with E-state index in [1.807, 2.05) is 0 Å². The van der Waals surface area contributed by atoms with E-state index >= 15 is 0 Å². The minimum Gasteiger partial charge on any atom is -0.455 e. The largest absolute Gasteiger partial charge is 0.455 e. The number of rotatable bonds is 5. The summed E-state index contributed by atoms with van der Waals surface area (Å²) in [6, 6.07) is 0. The van der Waals surface area contributed by atoms with E-state index in [-0.39, 0.29) is 30.4 Å². The van der Waals surface area contributed by atoms with Gasteiger partial charge in [0, 0.05) is 51.4 Å². The van der Waals surface area contributed by atoms with Crippen LogP contribution in [0.5, 0.6) is 0 Å². The Labute approximate surface area is 361 Å². The van der Waals surface area contributed by atoms with Gasteiger partial charge in [0.15, 0.2) is 47.6 Å². The van der Waals surface area contributed by atoms with Crippen LogP contribution in [0, 0.1) is 0 Å². The van der Waals surface area contributed by atoms with Gasteiger partial charge in [0.1, 0.15) is 48.8 Å². The number of cyclic esters (lactones) is 2. The summed E-state index contributed by atoms with van der Waals surface area (Å²) in [6.07, 6.45) is 13.5. The van der Waals surface area contributed by atoms with E-state index in [0.29, 0.717) is 13.2 Å². The van der Waals surface area contributed by atoms with Gasteiger partial charge >= 0.3 is 11.9 Å². The van der Waals surface area contributed by atoms with Gasteiger partial charge in [-0.2, -0.15) is 0 Å². The lowest BCUT2D eigenvalue weighted by atomic mass is 9.94. The zero-order chi connectivity index (χ0) is 43.3. The first-order valence-electron chi connectivity index (χ1n) is 23.3. The maximum atomic E-state index is 12.3. The molecule has 0 aromatic carbocycles. The highest BCUT2D eigenvalue weighted by atomic mass is 16.8. The minimum atomic E-state index is -1.63. The molecule has 4 aliphatic carbocycles. The fourth-order valence-electron chi connectivity index (χ4n) is 11.5. The second kappa shape index (κ2) is 18.1. The molecule has 18 nitrogen and oxygen atoms in total. The highest BCUT2D eigenvalue weighted by Gasteiger charge is 2.67. The molecule has 7 saturated heterocycles. The second-order valence-electron chi connectivity index (χ2n) is 19.1. The van der Waals surface area contributed by atoms with Crippen LogP contribution in [-0.2, 0) is 61.7 Å². The second-order valence-corrected chi connectivity index (χ2v) is 19.1. The molecule has 0 aromatic rings. The molecule has 11 fully saturated rings. The molecule has 5 unspecified atom stereocenters. The summed E-state index contributed by atoms with van der Waals surface area (Å²) in [5.41, 5.74) is 0. The Hall–Kier alpha value is -1.88. The summed E-state index contributed by atoms with van der Waals surface area (Å²) in [7, 11) is 0. The predicted molar refractivity (Wildman–Crippen MR) is 209 cm³/mol. The third kappa shape index (κ3) is 8.64. The number of aliphatic hydroxyl groups excluding tert-OH is 4. The molecule has 4 spiro atoms. The van der Waals surface area contributed by atoms with Gasteiger partial charge in [0.2, 0.25) is 5.79 Å². The Bertz CT molecular complexity index is 1590. The molecule has 18 heteroatoms. The molecule has 7 heterocycles. The molecule has 11 rings (SSSR count). The minimum absolute atomic E-state index is 0.246. The summed E-state index contributed by atoms with van der Waals surface area (Å²) in [6.45, 7) is 4.07. The Morgan fingerprint density at radius 2 is 1.06 bits per heavy atom. The fraction of sp³-hybridized carbons (Fsp3) is 0.909. The van der Waals surface area contributed by atoms with Gasteiger partial charge in [-0.3, -0.25) is 0 Å². The van der Waals surface area contributed by atoms with E-state index in [1.165, 1.54) is 31.8 Å². The highest BCUT2D eigenvalue weighted by Crippen LogP contribution is 2.52. The van der Waals surface area contributed by atoms with Crippen LogP contribution in [-0.4, -0.2) is 159 Å². The Kier molecular flexibility index (Phi) is 13.2. The normalized spacial score (nSPS) is 43.7. The average Bonchev–Trinajstić information content (AvgIpc) is 4.17. The first kappa shape index (κ1) is 45.3. The predicted octanol–water partition coefficient (Wildman–Crippen LogP) is 2.20. The lowest BCUT2D eigenvalue weighted by Gasteiger charge is -2.36. The van der Waals surface area contributed by atoms with E-state index in [4.69, 9.17) is 67.8 Å². The van der Waals surface area contributed by atoms with Crippen LogP contribution in [0.15, 0.2) is 12.7 Å². The lowest BCUT2D eigenvalue weighted by Crippen LogP contribution is -2.44. The van der Waals surface area contributed by atoms with Gasteiger partial charge < -0.3 is 77.6 Å². The van der Waals surface area contributed by atoms with Crippen LogP contribution in [0.4, 0.5) is 0 Å². The summed E-state index contributed by atoms with van der Waals surface area (Å²) in [4.78, 5) is 22.9. The number of ether oxygens (including phenoxy) is 11. The molecular formula is C44H66O18. The van der Waals surface area contributed by atoms with Crippen LogP contribution in [0.2, 0.25) is 0 Å². The first-order valence-corrected chi connectivity index (χ1v) is 23.3. The van der Waals surface area contributed by atoms with Crippen LogP contribution < -0.4 is 0 Å². The summed E-state index contributed by atoms with van der Waals surface area (Å²) in [5.74, 6) is -4.93. The molecule has 62 heavy (non-hydrogen) atoms. The van der Waals surface area contributed by atoms with E-state index in [2.05, 4.69) is 11.3 Å². The van der Waals surface area contributed by atoms with E-state index in [1.54, 1.807) is 0 Å². The Morgan fingerprint density at radius 3 is 1.55 bits per heavy atom.